The topological polar surface area (TPSA) is 80.6 Å². The number of aryl methyl sites for hydroxylation is 1. The van der Waals surface area contributed by atoms with Gasteiger partial charge in [0, 0.05) is 15.7 Å². The van der Waals surface area contributed by atoms with Crippen molar-refractivity contribution in [3.63, 3.8) is 0 Å². The highest BCUT2D eigenvalue weighted by atomic mass is 79.9. The maximum Gasteiger partial charge on any atom is 0.262 e. The zero-order valence-corrected chi connectivity index (χ0v) is 22.0. The number of carbonyl (C=O) groups is 1. The maximum atomic E-state index is 12.5. The molecule has 8 heteroatoms. The predicted octanol–water partition coefficient (Wildman–Crippen LogP) is 6.62. The monoisotopic (exact) mass is 584 g/mol. The summed E-state index contributed by atoms with van der Waals surface area (Å²) in [5.74, 6) is 1.23. The van der Waals surface area contributed by atoms with Crippen LogP contribution in [0.5, 0.6) is 17.2 Å². The molecule has 0 saturated carbocycles. The number of hydrogen-bond acceptors (Lipinski definition) is 5. The molecule has 0 aliphatic heterocycles. The second-order valence-electron chi connectivity index (χ2n) is 7.25. The lowest BCUT2D eigenvalue weighted by Crippen LogP contribution is -2.20. The van der Waals surface area contributed by atoms with Gasteiger partial charge < -0.3 is 19.5 Å². The van der Waals surface area contributed by atoms with Gasteiger partial charge in [0.1, 0.15) is 5.75 Å². The minimum atomic E-state index is -0.296. The molecule has 0 bridgehead atoms. The van der Waals surface area contributed by atoms with E-state index in [2.05, 4.69) is 43.2 Å². The van der Waals surface area contributed by atoms with Crippen LogP contribution in [0, 0.1) is 18.3 Å². The Labute approximate surface area is 215 Å². The van der Waals surface area contributed by atoms with Gasteiger partial charge in [-0.3, -0.25) is 4.79 Å². The number of halogens is 2. The first-order valence-electron chi connectivity index (χ1n) is 10.2. The molecule has 3 rings (SSSR count). The summed E-state index contributed by atoms with van der Waals surface area (Å²) < 4.78 is 17.9. The number of anilines is 1. The van der Waals surface area contributed by atoms with Crippen LogP contribution >= 0.6 is 31.9 Å². The molecule has 0 atom stereocenters. The summed E-state index contributed by atoms with van der Waals surface area (Å²) in [4.78, 5) is 12.5. The van der Waals surface area contributed by atoms with Gasteiger partial charge >= 0.3 is 0 Å². The van der Waals surface area contributed by atoms with E-state index < -0.39 is 0 Å². The number of methoxy groups -OCH3 is 2. The maximum absolute atomic E-state index is 12.5. The highest BCUT2D eigenvalue weighted by Gasteiger charge is 2.14. The molecule has 34 heavy (non-hydrogen) atoms. The SMILES string of the molecule is COc1ccc(/C(C#N)=C/c2cc(Br)cc(Br)c2OCC(=O)Nc2cccc(C)c2)cc1OC. The highest BCUT2D eigenvalue weighted by molar-refractivity contribution is 9.11. The minimum absolute atomic E-state index is 0.201. The van der Waals surface area contributed by atoms with Crippen molar-refractivity contribution in [1.82, 2.24) is 0 Å². The number of carbonyl (C=O) groups excluding carboxylic acids is 1. The van der Waals surface area contributed by atoms with Crippen LogP contribution in [0.1, 0.15) is 16.7 Å². The molecule has 3 aromatic carbocycles. The fourth-order valence-electron chi connectivity index (χ4n) is 3.24. The van der Waals surface area contributed by atoms with Crippen LogP contribution in [0.25, 0.3) is 11.6 Å². The van der Waals surface area contributed by atoms with E-state index in [1.165, 1.54) is 7.11 Å². The third-order valence-corrected chi connectivity index (χ3v) is 5.85. The number of rotatable bonds is 8. The van der Waals surface area contributed by atoms with E-state index in [-0.39, 0.29) is 12.5 Å². The normalized spacial score (nSPS) is 10.9. The van der Waals surface area contributed by atoms with Gasteiger partial charge in [-0.2, -0.15) is 5.26 Å². The van der Waals surface area contributed by atoms with E-state index in [1.54, 1.807) is 31.4 Å². The first kappa shape index (κ1) is 25.3. The quantitative estimate of drug-likeness (QED) is 0.237. The summed E-state index contributed by atoms with van der Waals surface area (Å²) in [5.41, 5.74) is 3.40. The molecule has 1 amide bonds. The third kappa shape index (κ3) is 6.40. The molecule has 0 fully saturated rings. The molecule has 0 heterocycles. The van der Waals surface area contributed by atoms with E-state index >= 15 is 0 Å². The highest BCUT2D eigenvalue weighted by Crippen LogP contribution is 2.36. The lowest BCUT2D eigenvalue weighted by atomic mass is 10.0. The molecule has 0 aliphatic rings. The second kappa shape index (κ2) is 11.7. The van der Waals surface area contributed by atoms with Gasteiger partial charge in [0.2, 0.25) is 0 Å². The van der Waals surface area contributed by atoms with Crippen LogP contribution in [-0.4, -0.2) is 26.7 Å². The number of hydrogen-bond donors (Lipinski definition) is 1. The van der Waals surface area contributed by atoms with Gasteiger partial charge in [0.15, 0.2) is 18.1 Å². The number of allylic oxidation sites excluding steroid dienone is 1. The summed E-state index contributed by atoms with van der Waals surface area (Å²) >= 11 is 6.97. The Balaban J connectivity index is 1.89. The van der Waals surface area contributed by atoms with Crippen LogP contribution in [-0.2, 0) is 4.79 Å². The fraction of sp³-hybridized carbons (Fsp3) is 0.154. The molecule has 174 valence electrons. The molecule has 0 aliphatic carbocycles. The fourth-order valence-corrected chi connectivity index (χ4v) is 4.61. The number of benzene rings is 3. The van der Waals surface area contributed by atoms with Crippen LogP contribution < -0.4 is 19.5 Å². The molecule has 3 aromatic rings. The number of nitrogens with zero attached hydrogens (tertiary/aromatic N) is 1. The smallest absolute Gasteiger partial charge is 0.262 e. The second-order valence-corrected chi connectivity index (χ2v) is 9.02. The van der Waals surface area contributed by atoms with Gasteiger partial charge in [-0.05, 0) is 82.5 Å². The molecule has 0 radical (unpaired) electrons. The Hall–Kier alpha value is -3.28. The van der Waals surface area contributed by atoms with Gasteiger partial charge in [0.25, 0.3) is 5.91 Å². The van der Waals surface area contributed by atoms with Gasteiger partial charge in [0.05, 0.1) is 30.3 Å². The largest absolute Gasteiger partial charge is 0.493 e. The Morgan fingerprint density at radius 3 is 2.50 bits per heavy atom. The third-order valence-electron chi connectivity index (χ3n) is 4.80. The van der Waals surface area contributed by atoms with Crippen LogP contribution in [0.2, 0.25) is 0 Å². The van der Waals surface area contributed by atoms with E-state index in [9.17, 15) is 10.1 Å². The number of ether oxygens (including phenoxy) is 3. The Morgan fingerprint density at radius 1 is 1.06 bits per heavy atom. The van der Waals surface area contributed by atoms with E-state index in [1.807, 2.05) is 43.3 Å². The molecular formula is C26H22Br2N2O4. The summed E-state index contributed by atoms with van der Waals surface area (Å²) in [6.45, 7) is 1.75. The average Bonchev–Trinajstić information content (AvgIpc) is 2.81. The van der Waals surface area contributed by atoms with Crippen molar-refractivity contribution in [3.05, 3.63) is 80.2 Å². The summed E-state index contributed by atoms with van der Waals surface area (Å²) in [6, 6.07) is 18.6. The Kier molecular flexibility index (Phi) is 8.74. The first-order chi connectivity index (χ1) is 16.3. The molecule has 0 aromatic heterocycles. The molecule has 6 nitrogen and oxygen atoms in total. The lowest BCUT2D eigenvalue weighted by molar-refractivity contribution is -0.118. The lowest BCUT2D eigenvalue weighted by Gasteiger charge is -2.13. The van der Waals surface area contributed by atoms with Crippen molar-refractivity contribution >= 4 is 55.1 Å². The zero-order valence-electron chi connectivity index (χ0n) is 18.8. The van der Waals surface area contributed by atoms with Crippen molar-refractivity contribution in [2.24, 2.45) is 0 Å². The van der Waals surface area contributed by atoms with Crippen molar-refractivity contribution in [2.75, 3.05) is 26.1 Å². The van der Waals surface area contributed by atoms with Gasteiger partial charge in [-0.25, -0.2) is 0 Å². The van der Waals surface area contributed by atoms with Crippen LogP contribution in [0.4, 0.5) is 5.69 Å². The van der Waals surface area contributed by atoms with E-state index in [0.717, 1.165) is 10.0 Å². The zero-order chi connectivity index (χ0) is 24.7. The van der Waals surface area contributed by atoms with Crippen LogP contribution in [0.3, 0.4) is 0 Å². The molecule has 0 unspecified atom stereocenters. The van der Waals surface area contributed by atoms with Gasteiger partial charge in [-0.1, -0.05) is 28.1 Å². The predicted molar refractivity (Wildman–Crippen MR) is 140 cm³/mol. The van der Waals surface area contributed by atoms with Crippen molar-refractivity contribution in [2.45, 2.75) is 6.92 Å². The summed E-state index contributed by atoms with van der Waals surface area (Å²) in [6.07, 6.45) is 1.70. The molecule has 0 saturated heterocycles. The molecule has 1 N–H and O–H groups in total. The summed E-state index contributed by atoms with van der Waals surface area (Å²) in [5, 5.41) is 12.7. The van der Waals surface area contributed by atoms with E-state index in [4.69, 9.17) is 14.2 Å². The van der Waals surface area contributed by atoms with Crippen molar-refractivity contribution in [3.8, 4) is 23.3 Å². The van der Waals surface area contributed by atoms with Gasteiger partial charge in [-0.15, -0.1) is 0 Å². The number of amides is 1. The van der Waals surface area contributed by atoms with Crippen molar-refractivity contribution in [1.29, 1.82) is 5.26 Å². The molecular weight excluding hydrogens is 564 g/mol. The summed E-state index contributed by atoms with van der Waals surface area (Å²) in [7, 11) is 3.09. The molecule has 0 spiro atoms. The number of nitrogens with one attached hydrogen (secondary N) is 1. The standard InChI is InChI=1S/C26H22Br2N2O4/c1-16-5-4-6-21(9-16)30-25(31)15-34-26-18(11-20(27)13-22(26)28)10-19(14-29)17-7-8-23(32-2)24(12-17)33-3/h4-13H,15H2,1-3H3,(H,30,31)/b19-10+. The minimum Gasteiger partial charge on any atom is -0.493 e. The first-order valence-corrected chi connectivity index (χ1v) is 11.8. The Morgan fingerprint density at radius 2 is 1.82 bits per heavy atom. The average molecular weight is 586 g/mol. The van der Waals surface area contributed by atoms with Crippen molar-refractivity contribution < 1.29 is 19.0 Å². The Bertz CT molecular complexity index is 1280. The van der Waals surface area contributed by atoms with E-state index in [0.29, 0.717) is 44.1 Å². The van der Waals surface area contributed by atoms with Crippen LogP contribution in [0.15, 0.2) is 63.5 Å². The number of nitriles is 1.